The van der Waals surface area contributed by atoms with Crippen LogP contribution >= 0.6 is 11.3 Å². The third-order valence-corrected chi connectivity index (χ3v) is 3.74. The molecule has 1 atom stereocenters. The predicted molar refractivity (Wildman–Crippen MR) is 80.5 cm³/mol. The number of nitrogens with zero attached hydrogens (tertiary/aromatic N) is 1. The number of hydrogen-bond acceptors (Lipinski definition) is 4. The van der Waals surface area contributed by atoms with E-state index in [1.165, 1.54) is 23.5 Å². The summed E-state index contributed by atoms with van der Waals surface area (Å²) in [5.74, 6) is 0.0396. The van der Waals surface area contributed by atoms with Gasteiger partial charge in [0, 0.05) is 12.6 Å². The van der Waals surface area contributed by atoms with Crippen molar-refractivity contribution in [1.82, 2.24) is 10.3 Å². The summed E-state index contributed by atoms with van der Waals surface area (Å²) in [4.78, 5) is 16.1. The number of carbonyl (C=O) groups excluding carboxylic acids is 1. The van der Waals surface area contributed by atoms with Crippen molar-refractivity contribution >= 4 is 32.6 Å². The van der Waals surface area contributed by atoms with Gasteiger partial charge in [0.25, 0.3) is 0 Å². The molecule has 1 aromatic heterocycles. The molecule has 0 aliphatic heterocycles. The summed E-state index contributed by atoms with van der Waals surface area (Å²) < 4.78 is 14.0. The molecule has 1 unspecified atom stereocenters. The summed E-state index contributed by atoms with van der Waals surface area (Å²) in [5.41, 5.74) is 0.604. The quantitative estimate of drug-likeness (QED) is 0.891. The SMILES string of the molecule is CC(C)CNC(=O)C(C)Nc1nc2cc(F)ccc2s1. The molecule has 0 fully saturated rings. The van der Waals surface area contributed by atoms with E-state index < -0.39 is 0 Å². The number of fused-ring (bicyclic) bond motifs is 1. The van der Waals surface area contributed by atoms with Crippen molar-refractivity contribution in [3.8, 4) is 0 Å². The highest BCUT2D eigenvalue weighted by Crippen LogP contribution is 2.26. The van der Waals surface area contributed by atoms with Crippen molar-refractivity contribution in [3.63, 3.8) is 0 Å². The molecule has 0 bridgehead atoms. The average molecular weight is 295 g/mol. The molecule has 2 rings (SSSR count). The van der Waals surface area contributed by atoms with Crippen LogP contribution in [-0.2, 0) is 4.79 Å². The highest BCUT2D eigenvalue weighted by molar-refractivity contribution is 7.22. The summed E-state index contributed by atoms with van der Waals surface area (Å²) in [6.07, 6.45) is 0. The predicted octanol–water partition coefficient (Wildman–Crippen LogP) is 3.01. The normalized spacial score (nSPS) is 12.7. The van der Waals surface area contributed by atoms with E-state index in [-0.39, 0.29) is 17.8 Å². The van der Waals surface area contributed by atoms with E-state index in [0.29, 0.717) is 23.1 Å². The Hall–Kier alpha value is -1.69. The van der Waals surface area contributed by atoms with Crippen molar-refractivity contribution in [3.05, 3.63) is 24.0 Å². The second kappa shape index (κ2) is 6.17. The first-order valence-electron chi connectivity index (χ1n) is 6.56. The van der Waals surface area contributed by atoms with E-state index in [0.717, 1.165) is 4.70 Å². The number of thiazole rings is 1. The first-order valence-corrected chi connectivity index (χ1v) is 7.37. The summed E-state index contributed by atoms with van der Waals surface area (Å²) in [6.45, 7) is 6.51. The summed E-state index contributed by atoms with van der Waals surface area (Å²) in [7, 11) is 0. The fourth-order valence-corrected chi connectivity index (χ4v) is 2.60. The number of halogens is 1. The topological polar surface area (TPSA) is 54.0 Å². The van der Waals surface area contributed by atoms with Gasteiger partial charge in [-0.3, -0.25) is 4.79 Å². The van der Waals surface area contributed by atoms with Crippen LogP contribution in [0.5, 0.6) is 0 Å². The van der Waals surface area contributed by atoms with Crippen molar-refractivity contribution in [2.75, 3.05) is 11.9 Å². The van der Waals surface area contributed by atoms with Crippen LogP contribution in [0.4, 0.5) is 9.52 Å². The highest BCUT2D eigenvalue weighted by atomic mass is 32.1. The lowest BCUT2D eigenvalue weighted by Gasteiger charge is -2.14. The molecule has 0 aliphatic rings. The Morgan fingerprint density at radius 1 is 1.40 bits per heavy atom. The zero-order valence-corrected chi connectivity index (χ0v) is 12.6. The number of amides is 1. The van der Waals surface area contributed by atoms with Gasteiger partial charge in [0.2, 0.25) is 5.91 Å². The molecule has 4 nitrogen and oxygen atoms in total. The van der Waals surface area contributed by atoms with Gasteiger partial charge in [-0.15, -0.1) is 0 Å². The lowest BCUT2D eigenvalue weighted by molar-refractivity contribution is -0.121. The zero-order chi connectivity index (χ0) is 14.7. The molecule has 1 aromatic carbocycles. The molecule has 0 saturated carbocycles. The first-order chi connectivity index (χ1) is 9.45. The number of hydrogen-bond donors (Lipinski definition) is 2. The number of carbonyl (C=O) groups is 1. The molecule has 20 heavy (non-hydrogen) atoms. The molecular formula is C14H18FN3OS. The molecule has 0 saturated heterocycles. The largest absolute Gasteiger partial charge is 0.354 e. The van der Waals surface area contributed by atoms with Crippen LogP contribution in [0.3, 0.4) is 0 Å². The van der Waals surface area contributed by atoms with Crippen LogP contribution in [0.15, 0.2) is 18.2 Å². The van der Waals surface area contributed by atoms with Crippen molar-refractivity contribution < 1.29 is 9.18 Å². The third-order valence-electron chi connectivity index (χ3n) is 2.77. The molecule has 0 aliphatic carbocycles. The van der Waals surface area contributed by atoms with E-state index in [2.05, 4.69) is 15.6 Å². The highest BCUT2D eigenvalue weighted by Gasteiger charge is 2.14. The van der Waals surface area contributed by atoms with Crippen LogP contribution in [0.2, 0.25) is 0 Å². The van der Waals surface area contributed by atoms with Gasteiger partial charge < -0.3 is 10.6 Å². The van der Waals surface area contributed by atoms with Gasteiger partial charge in [0.1, 0.15) is 11.9 Å². The van der Waals surface area contributed by atoms with Crippen molar-refractivity contribution in [2.45, 2.75) is 26.8 Å². The van der Waals surface area contributed by atoms with Gasteiger partial charge in [-0.25, -0.2) is 9.37 Å². The van der Waals surface area contributed by atoms with Gasteiger partial charge in [-0.1, -0.05) is 25.2 Å². The van der Waals surface area contributed by atoms with Crippen LogP contribution in [-0.4, -0.2) is 23.5 Å². The van der Waals surface area contributed by atoms with E-state index in [4.69, 9.17) is 0 Å². The Morgan fingerprint density at radius 3 is 2.85 bits per heavy atom. The van der Waals surface area contributed by atoms with E-state index in [1.807, 2.05) is 13.8 Å². The molecule has 1 heterocycles. The van der Waals surface area contributed by atoms with Crippen LogP contribution in [0.25, 0.3) is 10.2 Å². The lowest BCUT2D eigenvalue weighted by atomic mass is 10.2. The summed E-state index contributed by atoms with van der Waals surface area (Å²) in [5, 5.41) is 6.53. The maximum Gasteiger partial charge on any atom is 0.242 e. The van der Waals surface area contributed by atoms with Crippen molar-refractivity contribution in [2.24, 2.45) is 5.92 Å². The molecule has 1 amide bonds. The molecule has 108 valence electrons. The number of aromatic nitrogens is 1. The number of anilines is 1. The van der Waals surface area contributed by atoms with Gasteiger partial charge >= 0.3 is 0 Å². The molecule has 0 radical (unpaired) electrons. The van der Waals surface area contributed by atoms with E-state index >= 15 is 0 Å². The maximum atomic E-state index is 13.1. The Bertz CT molecular complexity index is 611. The minimum Gasteiger partial charge on any atom is -0.354 e. The smallest absolute Gasteiger partial charge is 0.242 e. The standard InChI is InChI=1S/C14H18FN3OS/c1-8(2)7-16-13(19)9(3)17-14-18-11-6-10(15)4-5-12(11)20-14/h4-6,8-9H,7H2,1-3H3,(H,16,19)(H,17,18). The Kier molecular flexibility index (Phi) is 4.54. The van der Waals surface area contributed by atoms with Gasteiger partial charge in [-0.05, 0) is 25.0 Å². The van der Waals surface area contributed by atoms with Crippen LogP contribution in [0.1, 0.15) is 20.8 Å². The average Bonchev–Trinajstić information content (AvgIpc) is 2.76. The fourth-order valence-electron chi connectivity index (χ4n) is 1.67. The van der Waals surface area contributed by atoms with Gasteiger partial charge in [0.05, 0.1) is 10.2 Å². The molecular weight excluding hydrogens is 277 g/mol. The summed E-state index contributed by atoms with van der Waals surface area (Å²) in [6, 6.07) is 4.11. The van der Waals surface area contributed by atoms with Crippen molar-refractivity contribution in [1.29, 1.82) is 0 Å². The second-order valence-corrected chi connectivity index (χ2v) is 6.17. The number of nitrogens with one attached hydrogen (secondary N) is 2. The van der Waals surface area contributed by atoms with E-state index in [1.54, 1.807) is 13.0 Å². The maximum absolute atomic E-state index is 13.1. The van der Waals surface area contributed by atoms with E-state index in [9.17, 15) is 9.18 Å². The Morgan fingerprint density at radius 2 is 2.15 bits per heavy atom. The van der Waals surface area contributed by atoms with Gasteiger partial charge in [-0.2, -0.15) is 0 Å². The molecule has 0 spiro atoms. The van der Waals surface area contributed by atoms with Crippen LogP contribution in [0, 0.1) is 11.7 Å². The first kappa shape index (κ1) is 14.7. The lowest BCUT2D eigenvalue weighted by Crippen LogP contribution is -2.39. The van der Waals surface area contributed by atoms with Gasteiger partial charge in [0.15, 0.2) is 5.13 Å². The minimum absolute atomic E-state index is 0.0656. The van der Waals surface area contributed by atoms with Crippen LogP contribution < -0.4 is 10.6 Å². The molecule has 2 aromatic rings. The third kappa shape index (κ3) is 3.66. The monoisotopic (exact) mass is 295 g/mol. The fraction of sp³-hybridized carbons (Fsp3) is 0.429. The minimum atomic E-state index is -0.376. The molecule has 2 N–H and O–H groups in total. The molecule has 6 heteroatoms. The second-order valence-electron chi connectivity index (χ2n) is 5.14. The Labute approximate surface area is 121 Å². The number of benzene rings is 1. The summed E-state index contributed by atoms with van der Waals surface area (Å²) >= 11 is 1.41. The Balaban J connectivity index is 2.02. The number of rotatable bonds is 5. The zero-order valence-electron chi connectivity index (χ0n) is 11.7.